The summed E-state index contributed by atoms with van der Waals surface area (Å²) in [6, 6.07) is 30.7. The van der Waals surface area contributed by atoms with Crippen molar-refractivity contribution in [2.75, 3.05) is 0 Å². The van der Waals surface area contributed by atoms with Gasteiger partial charge in [0.15, 0.2) is 0 Å². The number of nitrogens with zero attached hydrogens (tertiary/aromatic N) is 2. The molecule has 150 valence electrons. The summed E-state index contributed by atoms with van der Waals surface area (Å²) in [6.07, 6.45) is 0. The van der Waals surface area contributed by atoms with Gasteiger partial charge in [0.1, 0.15) is 11.3 Å². The molecular weight excluding hydrogens is 384 g/mol. The summed E-state index contributed by atoms with van der Waals surface area (Å²) >= 11 is 0. The van der Waals surface area contributed by atoms with Crippen LogP contribution in [0.3, 0.4) is 0 Å². The molecule has 0 aliphatic rings. The molecule has 1 N–H and O–H groups in total. The third kappa shape index (κ3) is 3.19. The van der Waals surface area contributed by atoms with Gasteiger partial charge in [0.05, 0.1) is 16.9 Å². The van der Waals surface area contributed by atoms with Gasteiger partial charge < -0.3 is 5.11 Å². The number of aromatic hydroxyl groups is 1. The van der Waals surface area contributed by atoms with E-state index < -0.39 is 0 Å². The Kier molecular flexibility index (Phi) is 4.60. The summed E-state index contributed by atoms with van der Waals surface area (Å²) in [5.74, 6) is -0.0470. The van der Waals surface area contributed by atoms with E-state index in [1.165, 1.54) is 0 Å². The van der Waals surface area contributed by atoms with E-state index in [2.05, 4.69) is 0 Å². The molecule has 0 bridgehead atoms. The third-order valence-corrected chi connectivity index (χ3v) is 5.48. The molecule has 31 heavy (non-hydrogen) atoms. The lowest BCUT2D eigenvalue weighted by Crippen LogP contribution is -2.25. The van der Waals surface area contributed by atoms with Crippen LogP contribution >= 0.6 is 0 Å². The zero-order chi connectivity index (χ0) is 21.4. The Labute approximate surface area is 179 Å². The number of hydrogen-bond acceptors (Lipinski definition) is 3. The van der Waals surface area contributed by atoms with E-state index in [1.54, 1.807) is 11.5 Å². The molecule has 0 saturated heterocycles. The highest BCUT2D eigenvalue weighted by molar-refractivity contribution is 6.08. The molecule has 1 heterocycles. The van der Waals surface area contributed by atoms with Crippen molar-refractivity contribution in [3.8, 4) is 11.4 Å². The van der Waals surface area contributed by atoms with Crippen LogP contribution in [0.1, 0.15) is 12.5 Å². The van der Waals surface area contributed by atoms with E-state index >= 15 is 0 Å². The average molecular weight is 404 g/mol. The highest BCUT2D eigenvalue weighted by Gasteiger charge is 2.19. The fraction of sp³-hybridized carbons (Fsp3) is 0.0370. The van der Waals surface area contributed by atoms with Crippen LogP contribution in [-0.2, 0) is 0 Å². The van der Waals surface area contributed by atoms with Gasteiger partial charge in [-0.1, -0.05) is 66.7 Å². The monoisotopic (exact) mass is 404 g/mol. The first-order valence-corrected chi connectivity index (χ1v) is 10.1. The van der Waals surface area contributed by atoms with E-state index in [0.29, 0.717) is 16.6 Å². The summed E-state index contributed by atoms with van der Waals surface area (Å²) in [7, 11) is 0. The Balaban J connectivity index is 1.81. The standard InChI is InChI=1S/C27H20N2O2/c1-18(28-23-16-9-11-19-10-5-6-14-21(19)23)25-26(30)22-15-7-8-17-24(22)29(27(25)31)20-12-3-2-4-13-20/h2-17,30H,1H3. The van der Waals surface area contributed by atoms with Gasteiger partial charge >= 0.3 is 0 Å². The van der Waals surface area contributed by atoms with Gasteiger partial charge in [0.2, 0.25) is 0 Å². The molecule has 1 aromatic heterocycles. The van der Waals surface area contributed by atoms with Crippen molar-refractivity contribution >= 4 is 33.1 Å². The maximum atomic E-state index is 13.6. The SMILES string of the molecule is CC(=Nc1cccc2ccccc12)c1c(O)c2ccccc2n(-c2ccccc2)c1=O. The minimum absolute atomic E-state index is 0.0470. The molecule has 4 heteroatoms. The van der Waals surface area contributed by atoms with Crippen LogP contribution in [0, 0.1) is 0 Å². The first-order valence-electron chi connectivity index (χ1n) is 10.1. The van der Waals surface area contributed by atoms with Crippen molar-refractivity contribution in [3.05, 3.63) is 113 Å². The molecule has 0 saturated carbocycles. The molecule has 0 radical (unpaired) electrons. The molecule has 5 aromatic rings. The van der Waals surface area contributed by atoms with Crippen LogP contribution in [0.15, 0.2) is 107 Å². The predicted octanol–water partition coefficient (Wildman–Crippen LogP) is 5.99. The fourth-order valence-corrected chi connectivity index (χ4v) is 4.03. The lowest BCUT2D eigenvalue weighted by Gasteiger charge is -2.15. The molecule has 4 nitrogen and oxygen atoms in total. The summed E-state index contributed by atoms with van der Waals surface area (Å²) in [4.78, 5) is 18.4. The third-order valence-electron chi connectivity index (χ3n) is 5.48. The summed E-state index contributed by atoms with van der Waals surface area (Å²) in [6.45, 7) is 1.77. The number of rotatable bonds is 3. The Bertz CT molecular complexity index is 1510. The minimum atomic E-state index is -0.302. The molecule has 0 spiro atoms. The van der Waals surface area contributed by atoms with E-state index in [1.807, 2.05) is 97.1 Å². The highest BCUT2D eigenvalue weighted by atomic mass is 16.3. The van der Waals surface area contributed by atoms with Gasteiger partial charge in [-0.15, -0.1) is 0 Å². The topological polar surface area (TPSA) is 54.6 Å². The largest absolute Gasteiger partial charge is 0.506 e. The maximum absolute atomic E-state index is 13.6. The van der Waals surface area contributed by atoms with Gasteiger partial charge in [-0.2, -0.15) is 0 Å². The van der Waals surface area contributed by atoms with Crippen LogP contribution in [-0.4, -0.2) is 15.4 Å². The first kappa shape index (κ1) is 18.8. The number of para-hydroxylation sites is 2. The molecule has 0 aliphatic heterocycles. The molecular formula is C27H20N2O2. The predicted molar refractivity (Wildman–Crippen MR) is 127 cm³/mol. The van der Waals surface area contributed by atoms with Crippen LogP contribution in [0.25, 0.3) is 27.4 Å². The Morgan fingerprint density at radius 3 is 2.23 bits per heavy atom. The maximum Gasteiger partial charge on any atom is 0.268 e. The Morgan fingerprint density at radius 1 is 0.774 bits per heavy atom. The van der Waals surface area contributed by atoms with Crippen molar-refractivity contribution < 1.29 is 5.11 Å². The van der Waals surface area contributed by atoms with Crippen LogP contribution in [0.5, 0.6) is 5.75 Å². The van der Waals surface area contributed by atoms with Crippen molar-refractivity contribution in [1.82, 2.24) is 4.57 Å². The van der Waals surface area contributed by atoms with Gasteiger partial charge in [-0.05, 0) is 42.6 Å². The zero-order valence-corrected chi connectivity index (χ0v) is 17.0. The molecule has 0 atom stereocenters. The molecule has 5 rings (SSSR count). The minimum Gasteiger partial charge on any atom is -0.506 e. The van der Waals surface area contributed by atoms with Gasteiger partial charge in [0, 0.05) is 16.5 Å². The lowest BCUT2D eigenvalue weighted by atomic mass is 10.1. The fourth-order valence-electron chi connectivity index (χ4n) is 4.03. The number of fused-ring (bicyclic) bond motifs is 2. The molecule has 4 aromatic carbocycles. The number of aliphatic imine (C=N–C) groups is 1. The second kappa shape index (κ2) is 7.58. The van der Waals surface area contributed by atoms with Crippen molar-refractivity contribution in [1.29, 1.82) is 0 Å². The lowest BCUT2D eigenvalue weighted by molar-refractivity contribution is 0.478. The van der Waals surface area contributed by atoms with E-state index in [4.69, 9.17) is 4.99 Å². The summed E-state index contributed by atoms with van der Waals surface area (Å²) in [5.41, 5.74) is 2.52. The van der Waals surface area contributed by atoms with Crippen molar-refractivity contribution in [3.63, 3.8) is 0 Å². The summed E-state index contributed by atoms with van der Waals surface area (Å²) < 4.78 is 1.63. The molecule has 0 aliphatic carbocycles. The van der Waals surface area contributed by atoms with Gasteiger partial charge in [-0.3, -0.25) is 14.4 Å². The highest BCUT2D eigenvalue weighted by Crippen LogP contribution is 2.31. The first-order chi connectivity index (χ1) is 15.1. The number of hydrogen-bond donors (Lipinski definition) is 1. The van der Waals surface area contributed by atoms with Crippen molar-refractivity contribution in [2.45, 2.75) is 6.92 Å². The zero-order valence-electron chi connectivity index (χ0n) is 17.0. The second-order valence-electron chi connectivity index (χ2n) is 7.41. The average Bonchev–Trinajstić information content (AvgIpc) is 2.80. The van der Waals surface area contributed by atoms with Crippen LogP contribution < -0.4 is 5.56 Å². The van der Waals surface area contributed by atoms with Crippen molar-refractivity contribution in [2.24, 2.45) is 4.99 Å². The number of aromatic nitrogens is 1. The smallest absolute Gasteiger partial charge is 0.268 e. The van der Waals surface area contributed by atoms with E-state index in [-0.39, 0.29) is 16.9 Å². The Morgan fingerprint density at radius 2 is 1.42 bits per heavy atom. The quantitative estimate of drug-likeness (QED) is 0.376. The normalized spacial score (nSPS) is 11.8. The molecule has 0 fully saturated rings. The summed E-state index contributed by atoms with van der Waals surface area (Å²) in [5, 5.41) is 13.7. The van der Waals surface area contributed by atoms with Crippen LogP contribution in [0.2, 0.25) is 0 Å². The Hall–Kier alpha value is -4.18. The number of pyridine rings is 1. The van der Waals surface area contributed by atoms with E-state index in [9.17, 15) is 9.90 Å². The molecule has 0 unspecified atom stereocenters. The second-order valence-corrected chi connectivity index (χ2v) is 7.41. The van der Waals surface area contributed by atoms with Gasteiger partial charge in [-0.25, -0.2) is 0 Å². The van der Waals surface area contributed by atoms with Gasteiger partial charge in [0.25, 0.3) is 5.56 Å². The number of benzene rings is 4. The molecule has 0 amide bonds. The van der Waals surface area contributed by atoms with E-state index in [0.717, 1.165) is 22.1 Å². The van der Waals surface area contributed by atoms with Crippen LogP contribution in [0.4, 0.5) is 5.69 Å².